The molecule has 0 fully saturated rings. The van der Waals surface area contributed by atoms with Gasteiger partial charge in [-0.2, -0.15) is 13.2 Å². The Morgan fingerprint density at radius 2 is 1.92 bits per heavy atom. The summed E-state index contributed by atoms with van der Waals surface area (Å²) in [6.07, 6.45) is -3.81. The average Bonchev–Trinajstić information content (AvgIpc) is 2.59. The monoisotopic (exact) mass is 369 g/mol. The van der Waals surface area contributed by atoms with Crippen LogP contribution in [-0.2, 0) is 11.0 Å². The molecule has 4 nitrogen and oxygen atoms in total. The lowest BCUT2D eigenvalue weighted by atomic mass is 10.1. The van der Waals surface area contributed by atoms with E-state index in [1.54, 1.807) is 30.3 Å². The maximum absolute atomic E-state index is 13.1. The molecule has 134 valence electrons. The number of aromatic nitrogens is 2. The summed E-state index contributed by atoms with van der Waals surface area (Å²) in [4.78, 5) is 19.5. The van der Waals surface area contributed by atoms with Crippen LogP contribution in [0.4, 0.5) is 13.2 Å². The largest absolute Gasteiger partial charge is 0.433 e. The smallest absolute Gasteiger partial charge is 0.353 e. The molecule has 2 rings (SSSR count). The maximum atomic E-state index is 13.1. The number of hydrogen-bond acceptors (Lipinski definition) is 4. The fourth-order valence-corrected chi connectivity index (χ4v) is 2.61. The summed E-state index contributed by atoms with van der Waals surface area (Å²) < 4.78 is 39.3. The minimum absolute atomic E-state index is 0.00964. The Morgan fingerprint density at radius 1 is 1.24 bits per heavy atom. The number of carbonyl (C=O) groups is 1. The van der Waals surface area contributed by atoms with Crippen LogP contribution in [0.5, 0.6) is 0 Å². The van der Waals surface area contributed by atoms with Crippen molar-refractivity contribution in [3.63, 3.8) is 0 Å². The second kappa shape index (κ2) is 8.33. The van der Waals surface area contributed by atoms with Crippen LogP contribution in [0.3, 0.4) is 0 Å². The van der Waals surface area contributed by atoms with E-state index in [1.807, 2.05) is 13.8 Å². The molecule has 1 aromatic carbocycles. The predicted octanol–water partition coefficient (Wildman–Crippen LogP) is 4.17. The van der Waals surface area contributed by atoms with Crippen molar-refractivity contribution in [2.24, 2.45) is 0 Å². The molecule has 0 aliphatic heterocycles. The molecule has 0 unspecified atom stereocenters. The standard InChI is InChI=1S/C17H18F3N3OS/c1-3-11(2)21-15(24)10-25-16-22-13(12-7-5-4-6-8-12)9-14(23-16)17(18,19)20/h4-9,11H,3,10H2,1-2H3,(H,21,24)/t11-/m1/s1. The summed E-state index contributed by atoms with van der Waals surface area (Å²) in [5.74, 6) is -0.304. The van der Waals surface area contributed by atoms with E-state index in [2.05, 4.69) is 15.3 Å². The van der Waals surface area contributed by atoms with E-state index in [9.17, 15) is 18.0 Å². The summed E-state index contributed by atoms with van der Waals surface area (Å²) in [5.41, 5.74) is -0.291. The van der Waals surface area contributed by atoms with Crippen LogP contribution >= 0.6 is 11.8 Å². The molecule has 0 spiro atoms. The van der Waals surface area contributed by atoms with Gasteiger partial charge >= 0.3 is 6.18 Å². The Balaban J connectivity index is 2.24. The van der Waals surface area contributed by atoms with E-state index >= 15 is 0 Å². The average molecular weight is 369 g/mol. The van der Waals surface area contributed by atoms with E-state index in [4.69, 9.17) is 0 Å². The van der Waals surface area contributed by atoms with Crippen molar-refractivity contribution in [1.82, 2.24) is 15.3 Å². The quantitative estimate of drug-likeness (QED) is 0.613. The third-order valence-corrected chi connectivity index (χ3v) is 4.27. The highest BCUT2D eigenvalue weighted by Crippen LogP contribution is 2.31. The number of nitrogens with one attached hydrogen (secondary N) is 1. The van der Waals surface area contributed by atoms with Crippen LogP contribution in [0.1, 0.15) is 26.0 Å². The van der Waals surface area contributed by atoms with E-state index < -0.39 is 11.9 Å². The van der Waals surface area contributed by atoms with E-state index in [1.165, 1.54) is 0 Å². The predicted molar refractivity (Wildman–Crippen MR) is 91.1 cm³/mol. The van der Waals surface area contributed by atoms with Crippen molar-refractivity contribution in [1.29, 1.82) is 0 Å². The molecule has 8 heteroatoms. The van der Waals surface area contributed by atoms with Crippen LogP contribution in [-0.4, -0.2) is 27.7 Å². The van der Waals surface area contributed by atoms with E-state index in [0.29, 0.717) is 5.56 Å². The van der Waals surface area contributed by atoms with Crippen LogP contribution in [0.25, 0.3) is 11.3 Å². The maximum Gasteiger partial charge on any atom is 0.433 e. The van der Waals surface area contributed by atoms with Gasteiger partial charge in [-0.05, 0) is 19.4 Å². The molecule has 0 saturated heterocycles. The van der Waals surface area contributed by atoms with Gasteiger partial charge < -0.3 is 5.32 Å². The first-order valence-corrected chi connectivity index (χ1v) is 8.72. The van der Waals surface area contributed by atoms with Crippen molar-refractivity contribution >= 4 is 17.7 Å². The van der Waals surface area contributed by atoms with Gasteiger partial charge in [0.2, 0.25) is 5.91 Å². The molecule has 2 aromatic rings. The minimum atomic E-state index is -4.58. The zero-order chi connectivity index (χ0) is 18.4. The molecule has 0 saturated carbocycles. The highest BCUT2D eigenvalue weighted by molar-refractivity contribution is 7.99. The van der Waals surface area contributed by atoms with Gasteiger partial charge in [-0.1, -0.05) is 49.0 Å². The third-order valence-electron chi connectivity index (χ3n) is 3.42. The fourth-order valence-electron chi connectivity index (χ4n) is 1.94. The normalized spacial score (nSPS) is 12.7. The van der Waals surface area contributed by atoms with Gasteiger partial charge in [0, 0.05) is 11.6 Å². The third kappa shape index (κ3) is 5.74. The van der Waals surface area contributed by atoms with Gasteiger partial charge in [-0.3, -0.25) is 4.79 Å². The highest BCUT2D eigenvalue weighted by atomic mass is 32.2. The summed E-state index contributed by atoms with van der Waals surface area (Å²) in [6.45, 7) is 3.79. The van der Waals surface area contributed by atoms with Crippen molar-refractivity contribution in [2.75, 3.05) is 5.75 Å². The summed E-state index contributed by atoms with van der Waals surface area (Å²) >= 11 is 0.886. The van der Waals surface area contributed by atoms with Gasteiger partial charge in [-0.15, -0.1) is 0 Å². The van der Waals surface area contributed by atoms with E-state index in [-0.39, 0.29) is 28.6 Å². The molecule has 1 N–H and O–H groups in total. The van der Waals surface area contributed by atoms with Crippen LogP contribution < -0.4 is 5.32 Å². The van der Waals surface area contributed by atoms with Crippen LogP contribution in [0.15, 0.2) is 41.6 Å². The molecular formula is C17H18F3N3OS. The molecule has 1 heterocycles. The van der Waals surface area contributed by atoms with Crippen molar-refractivity contribution in [2.45, 2.75) is 37.6 Å². The second-order valence-corrected chi connectivity index (χ2v) is 6.39. The number of carbonyl (C=O) groups excluding carboxylic acids is 1. The topological polar surface area (TPSA) is 54.9 Å². The number of benzene rings is 1. The molecular weight excluding hydrogens is 351 g/mol. The number of thioether (sulfide) groups is 1. The number of amides is 1. The Bertz CT molecular complexity index is 723. The zero-order valence-corrected chi connectivity index (χ0v) is 14.6. The first-order valence-electron chi connectivity index (χ1n) is 7.73. The lowest BCUT2D eigenvalue weighted by Gasteiger charge is -2.12. The molecule has 0 radical (unpaired) electrons. The zero-order valence-electron chi connectivity index (χ0n) is 13.8. The second-order valence-electron chi connectivity index (χ2n) is 5.45. The number of halogens is 3. The van der Waals surface area contributed by atoms with E-state index in [0.717, 1.165) is 24.2 Å². The number of rotatable bonds is 6. The van der Waals surface area contributed by atoms with Gasteiger partial charge in [-0.25, -0.2) is 9.97 Å². The molecule has 0 bridgehead atoms. The lowest BCUT2D eigenvalue weighted by Crippen LogP contribution is -2.33. The van der Waals surface area contributed by atoms with Gasteiger partial charge in [0.25, 0.3) is 0 Å². The molecule has 25 heavy (non-hydrogen) atoms. The Morgan fingerprint density at radius 3 is 2.52 bits per heavy atom. The van der Waals surface area contributed by atoms with Gasteiger partial charge in [0.1, 0.15) is 5.69 Å². The number of alkyl halides is 3. The van der Waals surface area contributed by atoms with Gasteiger partial charge in [0.15, 0.2) is 5.16 Å². The minimum Gasteiger partial charge on any atom is -0.353 e. The molecule has 0 aliphatic rings. The number of hydrogen-bond donors (Lipinski definition) is 1. The van der Waals surface area contributed by atoms with Gasteiger partial charge in [0.05, 0.1) is 11.4 Å². The summed E-state index contributed by atoms with van der Waals surface area (Å²) in [6, 6.07) is 9.48. The Labute approximate surface area is 148 Å². The Kier molecular flexibility index (Phi) is 6.41. The van der Waals surface area contributed by atoms with Crippen molar-refractivity contribution in [3.05, 3.63) is 42.1 Å². The van der Waals surface area contributed by atoms with Crippen molar-refractivity contribution in [3.8, 4) is 11.3 Å². The molecule has 1 atom stereocenters. The van der Waals surface area contributed by atoms with Crippen molar-refractivity contribution < 1.29 is 18.0 Å². The van der Waals surface area contributed by atoms with Crippen LogP contribution in [0, 0.1) is 0 Å². The molecule has 1 amide bonds. The summed E-state index contributed by atoms with van der Waals surface area (Å²) in [7, 11) is 0. The molecule has 1 aromatic heterocycles. The first-order chi connectivity index (χ1) is 11.8. The first kappa shape index (κ1) is 19.2. The highest BCUT2D eigenvalue weighted by Gasteiger charge is 2.33. The summed E-state index contributed by atoms with van der Waals surface area (Å²) in [5, 5.41) is 2.68. The van der Waals surface area contributed by atoms with Crippen LogP contribution in [0.2, 0.25) is 0 Å². The Hall–Kier alpha value is -2.09. The fraction of sp³-hybridized carbons (Fsp3) is 0.353. The molecule has 0 aliphatic carbocycles. The number of nitrogens with zero attached hydrogens (tertiary/aromatic N) is 2. The lowest BCUT2D eigenvalue weighted by molar-refractivity contribution is -0.141. The SMILES string of the molecule is CC[C@@H](C)NC(=O)CSc1nc(-c2ccccc2)cc(C(F)(F)F)n1.